The summed E-state index contributed by atoms with van der Waals surface area (Å²) in [6.07, 6.45) is 0.772. The lowest BCUT2D eigenvalue weighted by Gasteiger charge is -2.08. The smallest absolute Gasteiger partial charge is 0.100 e. The standard InChI is InChI=1S/C17H18N4/c1-13-7-9-15(10-8-13)21-17(16(12-18)19-20-21)11-14-5-3-2-4-6-14/h2-10H,11-12,18H2,1H3. The summed E-state index contributed by atoms with van der Waals surface area (Å²) in [5.41, 5.74) is 11.2. The molecule has 0 aliphatic heterocycles. The van der Waals surface area contributed by atoms with Crippen LogP contribution in [0.5, 0.6) is 0 Å². The van der Waals surface area contributed by atoms with Gasteiger partial charge in [0.25, 0.3) is 0 Å². The summed E-state index contributed by atoms with van der Waals surface area (Å²) in [6.45, 7) is 2.47. The molecular formula is C17H18N4. The van der Waals surface area contributed by atoms with Crippen molar-refractivity contribution in [3.05, 3.63) is 77.1 Å². The first kappa shape index (κ1) is 13.5. The zero-order valence-electron chi connectivity index (χ0n) is 12.0. The van der Waals surface area contributed by atoms with E-state index in [-0.39, 0.29) is 0 Å². The van der Waals surface area contributed by atoms with E-state index in [1.807, 2.05) is 22.9 Å². The molecule has 2 aromatic carbocycles. The van der Waals surface area contributed by atoms with Gasteiger partial charge in [0.2, 0.25) is 0 Å². The van der Waals surface area contributed by atoms with Gasteiger partial charge in [-0.1, -0.05) is 53.2 Å². The number of aryl methyl sites for hydroxylation is 1. The molecule has 0 amide bonds. The van der Waals surface area contributed by atoms with E-state index in [1.165, 1.54) is 11.1 Å². The van der Waals surface area contributed by atoms with E-state index in [2.05, 4.69) is 53.6 Å². The molecule has 0 bridgehead atoms. The molecule has 2 N–H and O–H groups in total. The third-order valence-corrected chi connectivity index (χ3v) is 3.53. The van der Waals surface area contributed by atoms with E-state index in [9.17, 15) is 0 Å². The molecule has 0 unspecified atom stereocenters. The Labute approximate surface area is 124 Å². The SMILES string of the molecule is Cc1ccc(-n2nnc(CN)c2Cc2ccccc2)cc1. The lowest BCUT2D eigenvalue weighted by atomic mass is 10.1. The highest BCUT2D eigenvalue weighted by atomic mass is 15.4. The minimum Gasteiger partial charge on any atom is -0.325 e. The minimum absolute atomic E-state index is 0.397. The van der Waals surface area contributed by atoms with Crippen LogP contribution >= 0.6 is 0 Å². The average Bonchev–Trinajstić information content (AvgIpc) is 2.92. The normalized spacial score (nSPS) is 10.8. The Morgan fingerprint density at radius 2 is 1.71 bits per heavy atom. The Morgan fingerprint density at radius 1 is 1.00 bits per heavy atom. The van der Waals surface area contributed by atoms with E-state index in [0.29, 0.717) is 6.54 Å². The molecule has 0 fully saturated rings. The summed E-state index contributed by atoms with van der Waals surface area (Å²) < 4.78 is 1.88. The van der Waals surface area contributed by atoms with Gasteiger partial charge in [0.1, 0.15) is 5.69 Å². The number of rotatable bonds is 4. The highest BCUT2D eigenvalue weighted by Gasteiger charge is 2.13. The zero-order chi connectivity index (χ0) is 14.7. The van der Waals surface area contributed by atoms with Crippen LogP contribution in [0, 0.1) is 6.92 Å². The number of nitrogens with two attached hydrogens (primary N) is 1. The van der Waals surface area contributed by atoms with Crippen molar-refractivity contribution in [2.24, 2.45) is 5.73 Å². The van der Waals surface area contributed by atoms with Crippen molar-refractivity contribution in [2.45, 2.75) is 19.9 Å². The van der Waals surface area contributed by atoms with E-state index in [4.69, 9.17) is 5.73 Å². The van der Waals surface area contributed by atoms with Gasteiger partial charge in [-0.15, -0.1) is 5.10 Å². The van der Waals surface area contributed by atoms with Crippen LogP contribution in [0.1, 0.15) is 22.5 Å². The number of nitrogens with zero attached hydrogens (tertiary/aromatic N) is 3. The third-order valence-electron chi connectivity index (χ3n) is 3.53. The van der Waals surface area contributed by atoms with E-state index >= 15 is 0 Å². The first-order chi connectivity index (χ1) is 10.3. The topological polar surface area (TPSA) is 56.7 Å². The third kappa shape index (κ3) is 2.85. The van der Waals surface area contributed by atoms with E-state index in [0.717, 1.165) is 23.5 Å². The molecule has 21 heavy (non-hydrogen) atoms. The van der Waals surface area contributed by atoms with Crippen LogP contribution in [0.15, 0.2) is 54.6 Å². The van der Waals surface area contributed by atoms with E-state index in [1.54, 1.807) is 0 Å². The van der Waals surface area contributed by atoms with Gasteiger partial charge in [-0.05, 0) is 24.6 Å². The molecule has 0 aliphatic rings. The molecule has 1 heterocycles. The first-order valence-corrected chi connectivity index (χ1v) is 7.02. The molecule has 106 valence electrons. The molecule has 0 atom stereocenters. The summed E-state index contributed by atoms with van der Waals surface area (Å²) in [7, 11) is 0. The number of benzene rings is 2. The predicted octanol–water partition coefficient (Wildman–Crippen LogP) is 2.63. The fourth-order valence-corrected chi connectivity index (χ4v) is 2.35. The summed E-state index contributed by atoms with van der Waals surface area (Å²) in [4.78, 5) is 0. The summed E-state index contributed by atoms with van der Waals surface area (Å²) in [5, 5.41) is 8.49. The fraction of sp³-hybridized carbons (Fsp3) is 0.176. The van der Waals surface area contributed by atoms with Crippen molar-refractivity contribution in [2.75, 3.05) is 0 Å². The first-order valence-electron chi connectivity index (χ1n) is 7.02. The largest absolute Gasteiger partial charge is 0.325 e. The molecule has 3 rings (SSSR count). The molecule has 0 aliphatic carbocycles. The van der Waals surface area contributed by atoms with Crippen LogP contribution in [-0.4, -0.2) is 15.0 Å². The molecule has 4 nitrogen and oxygen atoms in total. The summed E-state index contributed by atoms with van der Waals surface area (Å²) in [5.74, 6) is 0. The molecule has 0 radical (unpaired) electrons. The second kappa shape index (κ2) is 5.89. The van der Waals surface area contributed by atoms with Gasteiger partial charge in [-0.3, -0.25) is 0 Å². The maximum absolute atomic E-state index is 5.80. The van der Waals surface area contributed by atoms with Crippen molar-refractivity contribution in [1.29, 1.82) is 0 Å². The van der Waals surface area contributed by atoms with Gasteiger partial charge < -0.3 is 5.73 Å². The predicted molar refractivity (Wildman–Crippen MR) is 83.2 cm³/mol. The van der Waals surface area contributed by atoms with Crippen molar-refractivity contribution in [1.82, 2.24) is 15.0 Å². The van der Waals surface area contributed by atoms with Crippen LogP contribution in [0.4, 0.5) is 0 Å². The Morgan fingerprint density at radius 3 is 2.38 bits per heavy atom. The molecule has 0 spiro atoms. The summed E-state index contributed by atoms with van der Waals surface area (Å²) >= 11 is 0. The number of aromatic nitrogens is 3. The number of hydrogen-bond acceptors (Lipinski definition) is 3. The van der Waals surface area contributed by atoms with E-state index < -0.39 is 0 Å². The van der Waals surface area contributed by atoms with Crippen molar-refractivity contribution in [3.63, 3.8) is 0 Å². The van der Waals surface area contributed by atoms with Gasteiger partial charge in [-0.2, -0.15) is 0 Å². The number of hydrogen-bond donors (Lipinski definition) is 1. The highest BCUT2D eigenvalue weighted by molar-refractivity contribution is 5.37. The van der Waals surface area contributed by atoms with Crippen molar-refractivity contribution >= 4 is 0 Å². The van der Waals surface area contributed by atoms with Crippen LogP contribution in [0.25, 0.3) is 5.69 Å². The second-order valence-corrected chi connectivity index (χ2v) is 5.10. The second-order valence-electron chi connectivity index (χ2n) is 5.10. The molecule has 0 saturated heterocycles. The quantitative estimate of drug-likeness (QED) is 0.798. The maximum Gasteiger partial charge on any atom is 0.100 e. The van der Waals surface area contributed by atoms with Gasteiger partial charge in [0, 0.05) is 13.0 Å². The van der Waals surface area contributed by atoms with Gasteiger partial charge in [0.05, 0.1) is 11.4 Å². The minimum atomic E-state index is 0.397. The Kier molecular flexibility index (Phi) is 3.79. The summed E-state index contributed by atoms with van der Waals surface area (Å²) in [6, 6.07) is 18.6. The molecular weight excluding hydrogens is 260 g/mol. The van der Waals surface area contributed by atoms with Crippen molar-refractivity contribution in [3.8, 4) is 5.69 Å². The molecule has 1 aromatic heterocycles. The molecule has 4 heteroatoms. The maximum atomic E-state index is 5.80. The highest BCUT2D eigenvalue weighted by Crippen LogP contribution is 2.17. The van der Waals surface area contributed by atoms with Gasteiger partial charge in [-0.25, -0.2) is 4.68 Å². The van der Waals surface area contributed by atoms with Crippen LogP contribution < -0.4 is 5.73 Å². The fourth-order valence-electron chi connectivity index (χ4n) is 2.35. The van der Waals surface area contributed by atoms with Crippen LogP contribution in [0.3, 0.4) is 0 Å². The van der Waals surface area contributed by atoms with Crippen LogP contribution in [-0.2, 0) is 13.0 Å². The Bertz CT molecular complexity index is 714. The van der Waals surface area contributed by atoms with Gasteiger partial charge >= 0.3 is 0 Å². The Balaban J connectivity index is 2.02. The van der Waals surface area contributed by atoms with Crippen LogP contribution in [0.2, 0.25) is 0 Å². The monoisotopic (exact) mass is 278 g/mol. The van der Waals surface area contributed by atoms with Crippen molar-refractivity contribution < 1.29 is 0 Å². The Hall–Kier alpha value is -2.46. The lowest BCUT2D eigenvalue weighted by Crippen LogP contribution is -2.07. The zero-order valence-corrected chi connectivity index (χ0v) is 12.0. The average molecular weight is 278 g/mol. The van der Waals surface area contributed by atoms with Gasteiger partial charge in [0.15, 0.2) is 0 Å². The molecule has 0 saturated carbocycles. The molecule has 3 aromatic rings. The lowest BCUT2D eigenvalue weighted by molar-refractivity contribution is 0.772.